The van der Waals surface area contributed by atoms with Crippen LogP contribution in [0.3, 0.4) is 0 Å². The minimum atomic E-state index is 0.232. The van der Waals surface area contributed by atoms with Gasteiger partial charge in [-0.1, -0.05) is 54.2 Å². The molecule has 0 unspecified atom stereocenters. The first-order valence-electron chi connectivity index (χ1n) is 6.27. The average Bonchev–Trinajstić information content (AvgIpc) is 2.48. The molecule has 2 aromatic carbocycles. The van der Waals surface area contributed by atoms with Crippen LogP contribution in [-0.4, -0.2) is 9.97 Å². The van der Waals surface area contributed by atoms with Crippen molar-refractivity contribution in [3.63, 3.8) is 0 Å². The minimum absolute atomic E-state index is 0.232. The molecule has 0 bridgehead atoms. The Morgan fingerprint density at radius 2 is 1.81 bits per heavy atom. The maximum atomic E-state index is 6.11. The van der Waals surface area contributed by atoms with Crippen molar-refractivity contribution in [2.75, 3.05) is 0 Å². The molecule has 1 heterocycles. The second-order valence-electron chi connectivity index (χ2n) is 4.43. The van der Waals surface area contributed by atoms with Gasteiger partial charge in [0, 0.05) is 5.39 Å². The summed E-state index contributed by atoms with van der Waals surface area (Å²) in [5.41, 5.74) is 7.17. The van der Waals surface area contributed by atoms with Crippen LogP contribution in [0, 0.1) is 0 Å². The summed E-state index contributed by atoms with van der Waals surface area (Å²) in [6.07, 6.45) is 0. The zero-order valence-electron chi connectivity index (χ0n) is 10.9. The number of nitrogens with two attached hydrogens (primary N) is 1. The Morgan fingerprint density at radius 3 is 2.57 bits per heavy atom. The normalized spacial score (nSPS) is 10.5. The zero-order valence-corrected chi connectivity index (χ0v) is 12.5. The molecule has 0 atom stereocenters. The van der Waals surface area contributed by atoms with Crippen LogP contribution in [0.25, 0.3) is 10.9 Å². The van der Waals surface area contributed by atoms with Crippen LogP contribution in [0.15, 0.2) is 54.6 Å². The molecule has 3 rings (SSSR count). The van der Waals surface area contributed by atoms with Crippen molar-refractivity contribution < 1.29 is 4.74 Å². The molecule has 0 spiro atoms. The molecule has 2 N–H and O–H groups in total. The summed E-state index contributed by atoms with van der Waals surface area (Å²) in [6.45, 7) is 0. The first-order valence-corrected chi connectivity index (χ1v) is 7.06. The molecular formula is C16H11ClN2OS. The maximum absolute atomic E-state index is 6.11. The van der Waals surface area contributed by atoms with Gasteiger partial charge in [0.1, 0.15) is 10.7 Å². The molecule has 3 nitrogen and oxygen atoms in total. The van der Waals surface area contributed by atoms with Gasteiger partial charge in [0.25, 0.3) is 0 Å². The molecule has 104 valence electrons. The molecular weight excluding hydrogens is 304 g/mol. The van der Waals surface area contributed by atoms with E-state index >= 15 is 0 Å². The van der Waals surface area contributed by atoms with Gasteiger partial charge >= 0.3 is 0 Å². The van der Waals surface area contributed by atoms with E-state index < -0.39 is 0 Å². The van der Waals surface area contributed by atoms with Gasteiger partial charge in [-0.15, -0.1) is 0 Å². The number of rotatable bonds is 3. The quantitative estimate of drug-likeness (QED) is 0.732. The molecule has 0 aliphatic rings. The number of pyridine rings is 1. The van der Waals surface area contributed by atoms with Crippen LogP contribution in [0.1, 0.15) is 5.56 Å². The van der Waals surface area contributed by atoms with Crippen LogP contribution < -0.4 is 10.5 Å². The van der Waals surface area contributed by atoms with Gasteiger partial charge in [0.15, 0.2) is 0 Å². The van der Waals surface area contributed by atoms with Crippen molar-refractivity contribution in [3.8, 4) is 11.6 Å². The highest BCUT2D eigenvalue weighted by Crippen LogP contribution is 2.31. The molecule has 3 aromatic rings. The Balaban J connectivity index is 2.14. The Hall–Kier alpha value is -2.17. The van der Waals surface area contributed by atoms with Crippen molar-refractivity contribution in [1.82, 2.24) is 4.98 Å². The fourth-order valence-electron chi connectivity index (χ4n) is 1.98. The topological polar surface area (TPSA) is 48.1 Å². The van der Waals surface area contributed by atoms with Gasteiger partial charge in [-0.2, -0.15) is 0 Å². The molecule has 21 heavy (non-hydrogen) atoms. The van der Waals surface area contributed by atoms with E-state index in [4.69, 9.17) is 34.3 Å². The summed E-state index contributed by atoms with van der Waals surface area (Å²) in [6, 6.07) is 16.7. The van der Waals surface area contributed by atoms with E-state index in [2.05, 4.69) is 4.98 Å². The van der Waals surface area contributed by atoms with Crippen molar-refractivity contribution in [2.45, 2.75) is 0 Å². The van der Waals surface area contributed by atoms with E-state index in [9.17, 15) is 0 Å². The predicted molar refractivity (Wildman–Crippen MR) is 89.2 cm³/mol. The predicted octanol–water partition coefficient (Wildman–Crippen LogP) is 4.31. The van der Waals surface area contributed by atoms with Crippen LogP contribution >= 0.6 is 23.8 Å². The van der Waals surface area contributed by atoms with Crippen molar-refractivity contribution in [1.29, 1.82) is 0 Å². The van der Waals surface area contributed by atoms with Crippen LogP contribution in [-0.2, 0) is 0 Å². The van der Waals surface area contributed by atoms with Crippen LogP contribution in [0.2, 0.25) is 5.02 Å². The number of thiocarbonyl (C=S) groups is 1. The summed E-state index contributed by atoms with van der Waals surface area (Å²) in [5, 5.41) is 1.45. The SMILES string of the molecule is NC(=S)c1cc2ccccc2nc1Oc1ccccc1Cl. The third kappa shape index (κ3) is 2.82. The Labute approximate surface area is 132 Å². The van der Waals surface area contributed by atoms with E-state index in [-0.39, 0.29) is 4.99 Å². The Kier molecular flexibility index (Phi) is 3.73. The molecule has 0 saturated heterocycles. The third-order valence-electron chi connectivity index (χ3n) is 3.00. The summed E-state index contributed by atoms with van der Waals surface area (Å²) < 4.78 is 5.80. The molecule has 1 aromatic heterocycles. The Morgan fingerprint density at radius 1 is 1.10 bits per heavy atom. The number of nitrogens with zero attached hydrogens (tertiary/aromatic N) is 1. The van der Waals surface area contributed by atoms with E-state index in [1.54, 1.807) is 12.1 Å². The first-order chi connectivity index (χ1) is 10.1. The summed E-state index contributed by atoms with van der Waals surface area (Å²) >= 11 is 11.2. The highest BCUT2D eigenvalue weighted by molar-refractivity contribution is 7.80. The van der Waals surface area contributed by atoms with Gasteiger partial charge < -0.3 is 10.5 Å². The standard InChI is InChI=1S/C16H11ClN2OS/c17-12-6-2-4-8-14(12)20-16-11(15(18)21)9-10-5-1-3-7-13(10)19-16/h1-9H,(H2,18,21). The lowest BCUT2D eigenvalue weighted by molar-refractivity contribution is 0.464. The van der Waals surface area contributed by atoms with E-state index in [1.807, 2.05) is 42.5 Å². The lowest BCUT2D eigenvalue weighted by Gasteiger charge is -2.11. The second kappa shape index (κ2) is 5.68. The Bertz CT molecular complexity index is 835. The van der Waals surface area contributed by atoms with Crippen molar-refractivity contribution >= 4 is 39.7 Å². The van der Waals surface area contributed by atoms with Crippen LogP contribution in [0.5, 0.6) is 11.6 Å². The van der Waals surface area contributed by atoms with E-state index in [0.717, 1.165) is 10.9 Å². The first kappa shape index (κ1) is 13.8. The number of hydrogen-bond acceptors (Lipinski definition) is 3. The maximum Gasteiger partial charge on any atom is 0.230 e. The lowest BCUT2D eigenvalue weighted by atomic mass is 10.1. The smallest absolute Gasteiger partial charge is 0.230 e. The molecule has 0 aliphatic heterocycles. The molecule has 0 radical (unpaired) electrons. The largest absolute Gasteiger partial charge is 0.437 e. The number of aromatic nitrogens is 1. The molecule has 0 fully saturated rings. The van der Waals surface area contributed by atoms with E-state index in [0.29, 0.717) is 22.2 Å². The highest BCUT2D eigenvalue weighted by atomic mass is 35.5. The van der Waals surface area contributed by atoms with Gasteiger partial charge in [-0.3, -0.25) is 0 Å². The monoisotopic (exact) mass is 314 g/mol. The lowest BCUT2D eigenvalue weighted by Crippen LogP contribution is -2.11. The zero-order chi connectivity index (χ0) is 14.8. The molecule has 5 heteroatoms. The van der Waals surface area contributed by atoms with Crippen LogP contribution in [0.4, 0.5) is 0 Å². The third-order valence-corrected chi connectivity index (χ3v) is 3.53. The summed E-state index contributed by atoms with van der Waals surface area (Å²) in [7, 11) is 0. The molecule has 0 aliphatic carbocycles. The fourth-order valence-corrected chi connectivity index (χ4v) is 2.30. The molecule has 0 amide bonds. The number of para-hydroxylation sites is 2. The number of hydrogen-bond donors (Lipinski definition) is 1. The highest BCUT2D eigenvalue weighted by Gasteiger charge is 2.13. The van der Waals surface area contributed by atoms with E-state index in [1.165, 1.54) is 0 Å². The summed E-state index contributed by atoms with van der Waals surface area (Å²) in [4.78, 5) is 4.72. The van der Waals surface area contributed by atoms with Gasteiger partial charge in [-0.25, -0.2) is 4.98 Å². The molecule has 0 saturated carbocycles. The summed E-state index contributed by atoms with van der Waals surface area (Å²) in [5.74, 6) is 0.869. The fraction of sp³-hybridized carbons (Fsp3) is 0. The van der Waals surface area contributed by atoms with Gasteiger partial charge in [-0.05, 0) is 24.3 Å². The number of benzene rings is 2. The number of ether oxygens (including phenoxy) is 1. The number of fused-ring (bicyclic) bond motifs is 1. The number of halogens is 1. The average molecular weight is 315 g/mol. The second-order valence-corrected chi connectivity index (χ2v) is 5.28. The van der Waals surface area contributed by atoms with Gasteiger partial charge in [0.05, 0.1) is 16.1 Å². The van der Waals surface area contributed by atoms with Gasteiger partial charge in [0.2, 0.25) is 5.88 Å². The van der Waals surface area contributed by atoms with Crippen molar-refractivity contribution in [3.05, 3.63) is 65.2 Å². The minimum Gasteiger partial charge on any atom is -0.437 e. The van der Waals surface area contributed by atoms with Crippen molar-refractivity contribution in [2.24, 2.45) is 5.73 Å².